The van der Waals surface area contributed by atoms with Gasteiger partial charge < -0.3 is 14.7 Å². The predicted molar refractivity (Wildman–Crippen MR) is 103 cm³/mol. The number of likely N-dealkylation sites (tertiary alicyclic amines) is 1. The summed E-state index contributed by atoms with van der Waals surface area (Å²) in [7, 11) is 0. The average molecular weight is 388 g/mol. The molecule has 0 aliphatic carbocycles. The van der Waals surface area contributed by atoms with E-state index in [4.69, 9.17) is 16.3 Å². The van der Waals surface area contributed by atoms with Crippen LogP contribution in [-0.2, 0) is 11.3 Å². The summed E-state index contributed by atoms with van der Waals surface area (Å²) in [6.07, 6.45) is 3.89. The Kier molecular flexibility index (Phi) is 5.18. The van der Waals surface area contributed by atoms with Gasteiger partial charge in [-0.25, -0.2) is 0 Å². The minimum Gasteiger partial charge on any atom is -0.504 e. The van der Waals surface area contributed by atoms with Gasteiger partial charge in [-0.3, -0.25) is 14.7 Å². The number of ether oxygens (including phenoxy) is 1. The van der Waals surface area contributed by atoms with Gasteiger partial charge >= 0.3 is 0 Å². The number of carbonyl (C=O) groups is 1. The van der Waals surface area contributed by atoms with Crippen molar-refractivity contribution in [3.63, 3.8) is 0 Å². The Hall–Kier alpha value is -2.31. The Morgan fingerprint density at radius 1 is 1.22 bits per heavy atom. The van der Waals surface area contributed by atoms with E-state index in [1.807, 2.05) is 11.0 Å². The van der Waals surface area contributed by atoms with Gasteiger partial charge in [0.2, 0.25) is 5.91 Å². The topological polar surface area (TPSA) is 65.9 Å². The first kappa shape index (κ1) is 18.1. The second-order valence-corrected chi connectivity index (χ2v) is 7.43. The zero-order valence-corrected chi connectivity index (χ0v) is 15.8. The summed E-state index contributed by atoms with van der Waals surface area (Å²) >= 11 is 5.91. The molecule has 1 saturated heterocycles. The molecule has 2 aromatic rings. The number of aromatic hydroxyl groups is 1. The number of nitrogens with zero attached hydrogens (tertiary/aromatic N) is 3. The lowest BCUT2D eigenvalue weighted by Crippen LogP contribution is -2.40. The first-order chi connectivity index (χ1) is 13.1. The quantitative estimate of drug-likeness (QED) is 0.877. The van der Waals surface area contributed by atoms with Gasteiger partial charge in [0.05, 0.1) is 23.8 Å². The first-order valence-electron chi connectivity index (χ1n) is 9.21. The molecule has 0 radical (unpaired) electrons. The van der Waals surface area contributed by atoms with Crippen molar-refractivity contribution in [3.8, 4) is 22.8 Å². The Morgan fingerprint density at radius 2 is 2.04 bits per heavy atom. The van der Waals surface area contributed by atoms with Crippen LogP contribution >= 0.6 is 11.6 Å². The maximum absolute atomic E-state index is 12.7. The molecule has 142 valence electrons. The molecule has 3 heterocycles. The number of fused-ring (bicyclic) bond motifs is 1. The monoisotopic (exact) mass is 387 g/mol. The van der Waals surface area contributed by atoms with Crippen molar-refractivity contribution in [2.75, 3.05) is 32.8 Å². The minimum atomic E-state index is 0.0630. The molecule has 2 aliphatic rings. The predicted octanol–water partition coefficient (Wildman–Crippen LogP) is 2.92. The second-order valence-electron chi connectivity index (χ2n) is 6.99. The lowest BCUT2D eigenvalue weighted by atomic mass is 10.0. The summed E-state index contributed by atoms with van der Waals surface area (Å²) in [5.74, 6) is 0.611. The van der Waals surface area contributed by atoms with Crippen LogP contribution in [0, 0.1) is 0 Å². The Morgan fingerprint density at radius 3 is 2.78 bits per heavy atom. The first-order valence-corrected chi connectivity index (χ1v) is 9.59. The smallest absolute Gasteiger partial charge is 0.237 e. The summed E-state index contributed by atoms with van der Waals surface area (Å²) < 4.78 is 5.74. The number of halogens is 1. The van der Waals surface area contributed by atoms with Gasteiger partial charge in [0.1, 0.15) is 6.61 Å². The fourth-order valence-corrected chi connectivity index (χ4v) is 3.75. The number of hydrogen-bond donors (Lipinski definition) is 1. The highest BCUT2D eigenvalue weighted by atomic mass is 35.5. The molecule has 1 fully saturated rings. The van der Waals surface area contributed by atoms with E-state index in [1.165, 1.54) is 0 Å². The zero-order valence-electron chi connectivity index (χ0n) is 15.0. The maximum Gasteiger partial charge on any atom is 0.237 e. The molecule has 7 heteroatoms. The van der Waals surface area contributed by atoms with Crippen LogP contribution in [0.15, 0.2) is 30.5 Å². The van der Waals surface area contributed by atoms with Crippen LogP contribution < -0.4 is 4.74 Å². The normalized spacial score (nSPS) is 17.3. The van der Waals surface area contributed by atoms with Gasteiger partial charge in [0, 0.05) is 23.9 Å². The molecule has 0 saturated carbocycles. The molecule has 0 unspecified atom stereocenters. The molecule has 1 aromatic heterocycles. The molecule has 1 aromatic carbocycles. The molecule has 1 amide bonds. The third kappa shape index (κ3) is 4.01. The summed E-state index contributed by atoms with van der Waals surface area (Å²) in [4.78, 5) is 21.0. The van der Waals surface area contributed by atoms with Crippen LogP contribution in [0.25, 0.3) is 11.3 Å². The van der Waals surface area contributed by atoms with Crippen LogP contribution in [0.3, 0.4) is 0 Å². The van der Waals surface area contributed by atoms with Gasteiger partial charge in [-0.05, 0) is 50.2 Å². The van der Waals surface area contributed by atoms with Gasteiger partial charge in [-0.15, -0.1) is 0 Å². The van der Waals surface area contributed by atoms with Crippen LogP contribution in [0.4, 0.5) is 0 Å². The van der Waals surface area contributed by atoms with Gasteiger partial charge in [-0.2, -0.15) is 0 Å². The van der Waals surface area contributed by atoms with Crippen LogP contribution in [0.2, 0.25) is 5.02 Å². The Labute approximate surface area is 163 Å². The number of pyridine rings is 1. The highest BCUT2D eigenvalue weighted by Gasteiger charge is 2.25. The van der Waals surface area contributed by atoms with E-state index in [0.717, 1.165) is 37.1 Å². The number of benzene rings is 1. The number of amides is 1. The largest absolute Gasteiger partial charge is 0.504 e. The number of carbonyl (C=O) groups excluding carboxylic acids is 1. The fraction of sp³-hybridized carbons (Fsp3) is 0.400. The lowest BCUT2D eigenvalue weighted by Gasteiger charge is -2.23. The molecule has 2 aliphatic heterocycles. The molecule has 0 bridgehead atoms. The number of hydrogen-bond acceptors (Lipinski definition) is 5. The van der Waals surface area contributed by atoms with Crippen molar-refractivity contribution in [3.05, 3.63) is 41.0 Å². The summed E-state index contributed by atoms with van der Waals surface area (Å²) in [5, 5.41) is 11.0. The van der Waals surface area contributed by atoms with E-state index >= 15 is 0 Å². The minimum absolute atomic E-state index is 0.0630. The van der Waals surface area contributed by atoms with Crippen molar-refractivity contribution >= 4 is 17.5 Å². The SMILES string of the molecule is O=C(CN1CCCC1)N1CCOc2c(O)cc(-c3ccc(Cl)cn3)cc2C1. The standard InChI is InChI=1S/C20H22ClN3O3/c21-16-3-4-17(22-11-16)14-9-15-12-24(7-8-27-20(15)18(25)10-14)19(26)13-23-5-1-2-6-23/h3-4,9-11,25H,1-2,5-8,12-13H2. The Balaban J connectivity index is 1.58. The summed E-state index contributed by atoms with van der Waals surface area (Å²) in [5.41, 5.74) is 2.26. The molecule has 6 nitrogen and oxygen atoms in total. The maximum atomic E-state index is 12.7. The van der Waals surface area contributed by atoms with E-state index in [9.17, 15) is 9.90 Å². The second kappa shape index (κ2) is 7.74. The van der Waals surface area contributed by atoms with Crippen molar-refractivity contribution in [1.82, 2.24) is 14.8 Å². The molecule has 0 atom stereocenters. The third-order valence-corrected chi connectivity index (χ3v) is 5.27. The molecule has 4 rings (SSSR count). The third-order valence-electron chi connectivity index (χ3n) is 5.05. The average Bonchev–Trinajstić information content (AvgIpc) is 3.06. The van der Waals surface area contributed by atoms with Gasteiger partial charge in [0.25, 0.3) is 0 Å². The van der Waals surface area contributed by atoms with Crippen molar-refractivity contribution < 1.29 is 14.6 Å². The summed E-state index contributed by atoms with van der Waals surface area (Å²) in [6.45, 7) is 3.70. The van der Waals surface area contributed by atoms with Gasteiger partial charge in [-0.1, -0.05) is 11.6 Å². The van der Waals surface area contributed by atoms with E-state index in [0.29, 0.717) is 42.7 Å². The molecular formula is C20H22ClN3O3. The van der Waals surface area contributed by atoms with E-state index < -0.39 is 0 Å². The van der Waals surface area contributed by atoms with Crippen LogP contribution in [-0.4, -0.2) is 58.6 Å². The zero-order chi connectivity index (χ0) is 18.8. The van der Waals surface area contributed by atoms with E-state index in [2.05, 4.69) is 9.88 Å². The van der Waals surface area contributed by atoms with Crippen molar-refractivity contribution in [1.29, 1.82) is 0 Å². The summed E-state index contributed by atoms with van der Waals surface area (Å²) in [6, 6.07) is 7.12. The Bertz CT molecular complexity index is 835. The fourth-order valence-electron chi connectivity index (χ4n) is 3.64. The number of phenolic OH excluding ortho intramolecular Hbond substituents is 1. The highest BCUT2D eigenvalue weighted by Crippen LogP contribution is 2.37. The molecular weight excluding hydrogens is 366 g/mol. The van der Waals surface area contributed by atoms with Crippen LogP contribution in [0.5, 0.6) is 11.5 Å². The molecule has 27 heavy (non-hydrogen) atoms. The molecule has 0 spiro atoms. The molecule has 1 N–H and O–H groups in total. The van der Waals surface area contributed by atoms with Crippen molar-refractivity contribution in [2.45, 2.75) is 19.4 Å². The lowest BCUT2D eigenvalue weighted by molar-refractivity contribution is -0.132. The van der Waals surface area contributed by atoms with E-state index in [1.54, 1.807) is 24.4 Å². The highest BCUT2D eigenvalue weighted by molar-refractivity contribution is 6.30. The van der Waals surface area contributed by atoms with E-state index in [-0.39, 0.29) is 11.7 Å². The van der Waals surface area contributed by atoms with Crippen LogP contribution in [0.1, 0.15) is 18.4 Å². The number of aromatic nitrogens is 1. The number of rotatable bonds is 3. The van der Waals surface area contributed by atoms with Crippen molar-refractivity contribution in [2.24, 2.45) is 0 Å². The number of phenols is 1. The van der Waals surface area contributed by atoms with Gasteiger partial charge in [0.15, 0.2) is 11.5 Å².